The van der Waals surface area contributed by atoms with Crippen molar-refractivity contribution in [2.75, 3.05) is 13.5 Å². The fourth-order valence-corrected chi connectivity index (χ4v) is 4.63. The van der Waals surface area contributed by atoms with Gasteiger partial charge in [0.05, 0.1) is 23.7 Å². The van der Waals surface area contributed by atoms with Crippen LogP contribution in [0.3, 0.4) is 0 Å². The Kier molecular flexibility index (Phi) is 2.62. The highest BCUT2D eigenvalue weighted by molar-refractivity contribution is 6.10. The molecule has 1 saturated carbocycles. The second-order valence-corrected chi connectivity index (χ2v) is 6.13. The molecule has 3 fully saturated rings. The molecule has 0 aromatic rings. The average Bonchev–Trinajstić information content (AvgIpc) is 2.94. The molecule has 3 aliphatic carbocycles. The van der Waals surface area contributed by atoms with Gasteiger partial charge < -0.3 is 10.2 Å². The van der Waals surface area contributed by atoms with Crippen molar-refractivity contribution in [3.63, 3.8) is 0 Å². The molecule has 0 spiro atoms. The van der Waals surface area contributed by atoms with Gasteiger partial charge in [-0.05, 0) is 0 Å². The number of aliphatic hydroxyl groups is 2. The summed E-state index contributed by atoms with van der Waals surface area (Å²) in [6.07, 6.45) is 3.45. The smallest absolute Gasteiger partial charge is 0.235 e. The molecule has 5 rings (SSSR count). The summed E-state index contributed by atoms with van der Waals surface area (Å²) in [7, 11) is 0. The second-order valence-electron chi connectivity index (χ2n) is 6.13. The minimum atomic E-state index is -0.703. The number of aliphatic hydroxyl groups excluding tert-OH is 2. The van der Waals surface area contributed by atoms with E-state index in [2.05, 4.69) is 0 Å². The number of rotatable bonds is 2. The van der Waals surface area contributed by atoms with Crippen LogP contribution in [0, 0.1) is 35.5 Å². The first-order chi connectivity index (χ1) is 10.5. The maximum absolute atomic E-state index is 12.4. The zero-order valence-electron chi connectivity index (χ0n) is 11.5. The number of hydrogen-bond donors (Lipinski definition) is 2. The van der Waals surface area contributed by atoms with Gasteiger partial charge in [0, 0.05) is 11.8 Å². The van der Waals surface area contributed by atoms with Crippen molar-refractivity contribution < 1.29 is 29.4 Å². The summed E-state index contributed by atoms with van der Waals surface area (Å²) in [6.45, 7) is -1.38. The lowest BCUT2D eigenvalue weighted by Crippen LogP contribution is -2.50. The van der Waals surface area contributed by atoms with Crippen LogP contribution in [-0.4, -0.2) is 57.1 Å². The molecule has 0 aromatic heterocycles. The van der Waals surface area contributed by atoms with Crippen LogP contribution in [-0.2, 0) is 19.2 Å². The number of likely N-dealkylation sites (tertiary alicyclic amines) is 2. The van der Waals surface area contributed by atoms with Crippen LogP contribution < -0.4 is 0 Å². The molecule has 8 heteroatoms. The van der Waals surface area contributed by atoms with Gasteiger partial charge in [-0.1, -0.05) is 12.2 Å². The van der Waals surface area contributed by atoms with E-state index in [-0.39, 0.29) is 0 Å². The van der Waals surface area contributed by atoms with Gasteiger partial charge in [-0.25, -0.2) is 0 Å². The van der Waals surface area contributed by atoms with E-state index in [0.29, 0.717) is 0 Å². The molecule has 4 unspecified atom stereocenters. The van der Waals surface area contributed by atoms with Crippen LogP contribution in [0.15, 0.2) is 12.2 Å². The monoisotopic (exact) mass is 306 g/mol. The van der Waals surface area contributed by atoms with Crippen LogP contribution >= 0.6 is 0 Å². The third-order valence-electron chi connectivity index (χ3n) is 5.48. The third kappa shape index (κ3) is 1.30. The molecule has 116 valence electrons. The fraction of sp³-hybridized carbons (Fsp3) is 0.571. The highest BCUT2D eigenvalue weighted by atomic mass is 16.3. The number of imide groups is 2. The standard InChI is InChI=1S/C14H14N2O6/c17-3-15-11(19)7-5-1-2-6(9(7)13(15)21)10-8(5)12(20)16(4-18)14(10)22/h1-2,5-10,17-18H,3-4H2. The zero-order valence-corrected chi connectivity index (χ0v) is 11.5. The molecule has 2 bridgehead atoms. The predicted molar refractivity (Wildman–Crippen MR) is 68.0 cm³/mol. The van der Waals surface area contributed by atoms with Gasteiger partial charge in [0.2, 0.25) is 23.6 Å². The Morgan fingerprint density at radius 1 is 0.682 bits per heavy atom. The van der Waals surface area contributed by atoms with Gasteiger partial charge >= 0.3 is 0 Å². The Labute approximate surface area is 125 Å². The summed E-state index contributed by atoms with van der Waals surface area (Å²) < 4.78 is 0. The van der Waals surface area contributed by atoms with Crippen molar-refractivity contribution in [2.24, 2.45) is 35.5 Å². The number of allylic oxidation sites excluding steroid dienone is 2. The van der Waals surface area contributed by atoms with E-state index in [0.717, 1.165) is 9.80 Å². The maximum Gasteiger partial charge on any atom is 0.235 e. The summed E-state index contributed by atoms with van der Waals surface area (Å²) in [5.41, 5.74) is 0. The second kappa shape index (κ2) is 4.23. The molecule has 2 N–H and O–H groups in total. The lowest BCUT2D eigenvalue weighted by Gasteiger charge is -2.44. The van der Waals surface area contributed by atoms with Gasteiger partial charge in [-0.2, -0.15) is 0 Å². The van der Waals surface area contributed by atoms with Crippen molar-refractivity contribution in [3.8, 4) is 0 Å². The fourth-order valence-electron chi connectivity index (χ4n) is 4.63. The van der Waals surface area contributed by atoms with E-state index in [4.69, 9.17) is 0 Å². The van der Waals surface area contributed by atoms with Gasteiger partial charge in [-0.3, -0.25) is 29.0 Å². The normalized spacial score (nSPS) is 42.5. The number of carbonyl (C=O) groups excluding carboxylic acids is 4. The maximum atomic E-state index is 12.4. The van der Waals surface area contributed by atoms with Gasteiger partial charge in [-0.15, -0.1) is 0 Å². The SMILES string of the molecule is O=C1C2C3C=CC(C2C(=O)N1CO)C1C(=O)N(CO)C(=O)C31. The molecule has 8 nitrogen and oxygen atoms in total. The molecule has 2 saturated heterocycles. The highest BCUT2D eigenvalue weighted by Gasteiger charge is 2.68. The van der Waals surface area contributed by atoms with Gasteiger partial charge in [0.1, 0.15) is 13.5 Å². The Hall–Kier alpha value is -2.06. The minimum absolute atomic E-state index is 0.488. The molecule has 4 atom stereocenters. The van der Waals surface area contributed by atoms with E-state index in [1.54, 1.807) is 12.2 Å². The van der Waals surface area contributed by atoms with Crippen molar-refractivity contribution in [3.05, 3.63) is 12.2 Å². The summed E-state index contributed by atoms with van der Waals surface area (Å²) >= 11 is 0. The lowest BCUT2D eigenvalue weighted by molar-refractivity contribution is -0.144. The van der Waals surface area contributed by atoms with E-state index in [9.17, 15) is 29.4 Å². The quantitative estimate of drug-likeness (QED) is 0.446. The van der Waals surface area contributed by atoms with Crippen LogP contribution in [0.5, 0.6) is 0 Å². The van der Waals surface area contributed by atoms with E-state index >= 15 is 0 Å². The summed E-state index contributed by atoms with van der Waals surface area (Å²) in [5.74, 6) is -5.84. The molecular formula is C14H14N2O6. The largest absolute Gasteiger partial charge is 0.376 e. The summed E-state index contributed by atoms with van der Waals surface area (Å²) in [5, 5.41) is 18.4. The first kappa shape index (κ1) is 13.6. The van der Waals surface area contributed by atoms with Crippen molar-refractivity contribution in [1.82, 2.24) is 9.80 Å². The molecular weight excluding hydrogens is 292 g/mol. The van der Waals surface area contributed by atoms with Crippen molar-refractivity contribution >= 4 is 23.6 Å². The number of amides is 4. The van der Waals surface area contributed by atoms with Crippen LogP contribution in [0.1, 0.15) is 0 Å². The van der Waals surface area contributed by atoms with Crippen LogP contribution in [0.25, 0.3) is 0 Å². The highest BCUT2D eigenvalue weighted by Crippen LogP contribution is 2.57. The summed E-state index contributed by atoms with van der Waals surface area (Å²) in [6, 6.07) is 0. The van der Waals surface area contributed by atoms with Crippen LogP contribution in [0.4, 0.5) is 0 Å². The molecule has 2 heterocycles. The van der Waals surface area contributed by atoms with Crippen molar-refractivity contribution in [1.29, 1.82) is 0 Å². The topological polar surface area (TPSA) is 115 Å². The Bertz CT molecular complexity index is 545. The lowest BCUT2D eigenvalue weighted by atomic mass is 9.54. The molecule has 5 aliphatic rings. The first-order valence-electron chi connectivity index (χ1n) is 7.13. The van der Waals surface area contributed by atoms with E-state index < -0.39 is 72.6 Å². The van der Waals surface area contributed by atoms with Crippen molar-refractivity contribution in [2.45, 2.75) is 0 Å². The number of hydrogen-bond acceptors (Lipinski definition) is 6. The van der Waals surface area contributed by atoms with Crippen LogP contribution in [0.2, 0.25) is 0 Å². The predicted octanol–water partition coefficient (Wildman–Crippen LogP) is -2.10. The molecule has 22 heavy (non-hydrogen) atoms. The number of nitrogens with zero attached hydrogens (tertiary/aromatic N) is 2. The Morgan fingerprint density at radius 3 is 1.18 bits per heavy atom. The van der Waals surface area contributed by atoms with Gasteiger partial charge in [0.15, 0.2) is 0 Å². The van der Waals surface area contributed by atoms with Gasteiger partial charge in [0.25, 0.3) is 0 Å². The minimum Gasteiger partial charge on any atom is -0.376 e. The van der Waals surface area contributed by atoms with E-state index in [1.807, 2.05) is 0 Å². The van der Waals surface area contributed by atoms with E-state index in [1.165, 1.54) is 0 Å². The molecule has 2 aliphatic heterocycles. The number of carbonyl (C=O) groups is 4. The third-order valence-corrected chi connectivity index (χ3v) is 5.48. The first-order valence-corrected chi connectivity index (χ1v) is 7.13. The zero-order chi connectivity index (χ0) is 15.8. The molecule has 4 amide bonds. The summed E-state index contributed by atoms with van der Waals surface area (Å²) in [4.78, 5) is 51.0. The average molecular weight is 306 g/mol. The molecule has 0 radical (unpaired) electrons. The Balaban J connectivity index is 1.81. The Morgan fingerprint density at radius 2 is 0.955 bits per heavy atom. The molecule has 0 aromatic carbocycles.